The molecule has 10 heteroatoms. The molecule has 0 bridgehead atoms. The molecule has 2 aromatic rings. The zero-order chi connectivity index (χ0) is 24.4. The minimum atomic E-state index is -3.92. The molecular formula is C22H29N3O6S. The molecule has 0 atom stereocenters. The number of aromatic nitrogens is 2. The molecular weight excluding hydrogens is 434 g/mol. The molecule has 174 valence electrons. The number of unbranched alkanes of at least 4 members (excludes halogenated alkanes) is 1. The van der Waals surface area contributed by atoms with E-state index in [0.29, 0.717) is 28.9 Å². The summed E-state index contributed by atoms with van der Waals surface area (Å²) in [6.45, 7) is 11.1. The lowest BCUT2D eigenvalue weighted by atomic mass is 9.90. The SMILES string of the molecule is CCCCn1nc(C)c(C(=O)c2ccc([N+](=O)[O-])c(C(C)=C(C)C)c2C)c1OS(C)(=O)=O. The third-order valence-electron chi connectivity index (χ3n) is 5.27. The monoisotopic (exact) mass is 463 g/mol. The highest BCUT2D eigenvalue weighted by atomic mass is 32.2. The van der Waals surface area contributed by atoms with Gasteiger partial charge in [0.1, 0.15) is 5.56 Å². The van der Waals surface area contributed by atoms with Crippen LogP contribution in [0.5, 0.6) is 5.88 Å². The molecule has 1 aromatic heterocycles. The van der Waals surface area contributed by atoms with Crippen molar-refractivity contribution in [1.29, 1.82) is 0 Å². The first-order chi connectivity index (χ1) is 14.8. The summed E-state index contributed by atoms with van der Waals surface area (Å²) in [4.78, 5) is 24.7. The van der Waals surface area contributed by atoms with E-state index >= 15 is 0 Å². The Hall–Kier alpha value is -3.01. The lowest BCUT2D eigenvalue weighted by Crippen LogP contribution is -2.15. The second-order valence-corrected chi connectivity index (χ2v) is 9.55. The number of ketones is 1. The van der Waals surface area contributed by atoms with E-state index in [-0.39, 0.29) is 22.7 Å². The Morgan fingerprint density at radius 1 is 1.19 bits per heavy atom. The van der Waals surface area contributed by atoms with Crippen molar-refractivity contribution in [2.75, 3.05) is 6.26 Å². The molecule has 1 heterocycles. The highest BCUT2D eigenvalue weighted by molar-refractivity contribution is 7.86. The van der Waals surface area contributed by atoms with Gasteiger partial charge in [0.15, 0.2) is 0 Å². The molecule has 0 aliphatic heterocycles. The number of carbonyl (C=O) groups excluding carboxylic acids is 1. The Bertz CT molecular complexity index is 1200. The van der Waals surface area contributed by atoms with Gasteiger partial charge in [0.25, 0.3) is 5.69 Å². The van der Waals surface area contributed by atoms with Gasteiger partial charge >= 0.3 is 10.1 Å². The average Bonchev–Trinajstić information content (AvgIpc) is 2.97. The largest absolute Gasteiger partial charge is 0.361 e. The van der Waals surface area contributed by atoms with E-state index < -0.39 is 20.8 Å². The minimum Gasteiger partial charge on any atom is -0.361 e. The Kier molecular flexibility index (Phi) is 7.61. The maximum absolute atomic E-state index is 13.6. The van der Waals surface area contributed by atoms with Crippen LogP contribution in [0.15, 0.2) is 17.7 Å². The van der Waals surface area contributed by atoms with Gasteiger partial charge in [-0.05, 0) is 58.2 Å². The molecule has 0 fully saturated rings. The van der Waals surface area contributed by atoms with E-state index in [1.807, 2.05) is 20.8 Å². The number of nitro groups is 1. The van der Waals surface area contributed by atoms with Crippen LogP contribution in [0.25, 0.3) is 5.57 Å². The number of allylic oxidation sites excluding steroid dienone is 2. The topological polar surface area (TPSA) is 121 Å². The van der Waals surface area contributed by atoms with E-state index in [4.69, 9.17) is 4.18 Å². The van der Waals surface area contributed by atoms with Gasteiger partial charge in [-0.15, -0.1) is 0 Å². The number of hydrogen-bond acceptors (Lipinski definition) is 7. The van der Waals surface area contributed by atoms with Gasteiger partial charge in [-0.2, -0.15) is 13.5 Å². The van der Waals surface area contributed by atoms with Crippen LogP contribution in [-0.4, -0.2) is 35.2 Å². The summed E-state index contributed by atoms with van der Waals surface area (Å²) in [7, 11) is -3.92. The smallest absolute Gasteiger partial charge is 0.307 e. The van der Waals surface area contributed by atoms with E-state index in [2.05, 4.69) is 5.10 Å². The standard InChI is InChI=1S/C22H29N3O6S/c1-8-9-12-24-22(31-32(7,29)30)20(16(6)23-24)21(26)17-10-11-18(25(27)28)19(15(17)5)14(4)13(2)3/h10-11H,8-9,12H2,1-7H3. The van der Waals surface area contributed by atoms with E-state index in [9.17, 15) is 23.3 Å². The number of nitrogens with zero attached hydrogens (tertiary/aromatic N) is 3. The Morgan fingerprint density at radius 2 is 1.81 bits per heavy atom. The summed E-state index contributed by atoms with van der Waals surface area (Å²) in [6.07, 6.45) is 2.46. The number of aryl methyl sites for hydroxylation is 2. The second kappa shape index (κ2) is 9.64. The molecule has 0 aliphatic rings. The van der Waals surface area contributed by atoms with Gasteiger partial charge in [0.2, 0.25) is 11.7 Å². The molecule has 0 unspecified atom stereocenters. The molecule has 0 aliphatic carbocycles. The predicted molar refractivity (Wildman–Crippen MR) is 123 cm³/mol. The van der Waals surface area contributed by atoms with Crippen LogP contribution in [0.4, 0.5) is 5.69 Å². The summed E-state index contributed by atoms with van der Waals surface area (Å²) in [5.41, 5.74) is 2.88. The molecule has 2 rings (SSSR count). The van der Waals surface area contributed by atoms with Gasteiger partial charge < -0.3 is 4.18 Å². The molecule has 0 spiro atoms. The Balaban J connectivity index is 2.78. The van der Waals surface area contributed by atoms with Crippen molar-refractivity contribution in [3.8, 4) is 5.88 Å². The van der Waals surface area contributed by atoms with Crippen LogP contribution in [0.2, 0.25) is 0 Å². The van der Waals surface area contributed by atoms with Gasteiger partial charge in [-0.25, -0.2) is 4.68 Å². The maximum Gasteiger partial charge on any atom is 0.307 e. The quantitative estimate of drug-likeness (QED) is 0.231. The molecule has 0 saturated carbocycles. The molecule has 0 saturated heterocycles. The Morgan fingerprint density at radius 3 is 2.31 bits per heavy atom. The van der Waals surface area contributed by atoms with Gasteiger partial charge in [0, 0.05) is 18.2 Å². The van der Waals surface area contributed by atoms with Gasteiger partial charge in [0.05, 0.1) is 22.4 Å². The second-order valence-electron chi connectivity index (χ2n) is 7.97. The number of hydrogen-bond donors (Lipinski definition) is 0. The van der Waals surface area contributed by atoms with Gasteiger partial charge in [-0.3, -0.25) is 14.9 Å². The molecule has 0 radical (unpaired) electrons. The number of benzene rings is 1. The lowest BCUT2D eigenvalue weighted by Gasteiger charge is -2.14. The number of rotatable bonds is 9. The fraction of sp³-hybridized carbons (Fsp3) is 0.455. The number of carbonyl (C=O) groups is 1. The summed E-state index contributed by atoms with van der Waals surface area (Å²) >= 11 is 0. The summed E-state index contributed by atoms with van der Waals surface area (Å²) in [6, 6.07) is 2.70. The van der Waals surface area contributed by atoms with E-state index in [0.717, 1.165) is 24.7 Å². The zero-order valence-electron chi connectivity index (χ0n) is 19.5. The first-order valence-corrected chi connectivity index (χ1v) is 12.1. The molecule has 0 N–H and O–H groups in total. The number of nitro benzene ring substituents is 1. The molecule has 1 aromatic carbocycles. The fourth-order valence-electron chi connectivity index (χ4n) is 3.46. The lowest BCUT2D eigenvalue weighted by molar-refractivity contribution is -0.385. The molecule has 0 amide bonds. The van der Waals surface area contributed by atoms with Crippen LogP contribution in [0.3, 0.4) is 0 Å². The van der Waals surface area contributed by atoms with Crippen LogP contribution >= 0.6 is 0 Å². The van der Waals surface area contributed by atoms with E-state index in [1.54, 1.807) is 20.8 Å². The molecule has 32 heavy (non-hydrogen) atoms. The van der Waals surface area contributed by atoms with E-state index in [1.165, 1.54) is 16.8 Å². The zero-order valence-corrected chi connectivity index (χ0v) is 20.3. The van der Waals surface area contributed by atoms with Crippen molar-refractivity contribution in [3.63, 3.8) is 0 Å². The highest BCUT2D eigenvalue weighted by Gasteiger charge is 2.30. The van der Waals surface area contributed by atoms with Crippen molar-refractivity contribution in [3.05, 3.63) is 55.8 Å². The summed E-state index contributed by atoms with van der Waals surface area (Å²) in [5.74, 6) is -0.638. The Labute approximate surface area is 188 Å². The predicted octanol–water partition coefficient (Wildman–Crippen LogP) is 4.59. The van der Waals surface area contributed by atoms with Crippen LogP contribution < -0.4 is 4.18 Å². The third-order valence-corrected chi connectivity index (χ3v) is 5.73. The highest BCUT2D eigenvalue weighted by Crippen LogP contribution is 2.35. The van der Waals surface area contributed by atoms with Crippen LogP contribution in [0.1, 0.15) is 73.3 Å². The average molecular weight is 464 g/mol. The first kappa shape index (κ1) is 25.3. The normalized spacial score (nSPS) is 11.3. The minimum absolute atomic E-state index is 0.0317. The summed E-state index contributed by atoms with van der Waals surface area (Å²) in [5, 5.41) is 15.9. The molecule has 9 nitrogen and oxygen atoms in total. The fourth-order valence-corrected chi connectivity index (χ4v) is 3.92. The van der Waals surface area contributed by atoms with Crippen LogP contribution in [0, 0.1) is 24.0 Å². The van der Waals surface area contributed by atoms with Crippen molar-refractivity contribution in [1.82, 2.24) is 9.78 Å². The van der Waals surface area contributed by atoms with Crippen molar-refractivity contribution in [2.45, 2.75) is 60.9 Å². The third kappa shape index (κ3) is 5.24. The van der Waals surface area contributed by atoms with Gasteiger partial charge in [-0.1, -0.05) is 18.9 Å². The maximum atomic E-state index is 13.6. The van der Waals surface area contributed by atoms with Crippen molar-refractivity contribution in [2.24, 2.45) is 0 Å². The van der Waals surface area contributed by atoms with Crippen molar-refractivity contribution < 1.29 is 22.3 Å². The summed E-state index contributed by atoms with van der Waals surface area (Å²) < 4.78 is 30.4. The van der Waals surface area contributed by atoms with Crippen LogP contribution in [-0.2, 0) is 16.7 Å². The van der Waals surface area contributed by atoms with Crippen molar-refractivity contribution >= 4 is 27.2 Å². The first-order valence-electron chi connectivity index (χ1n) is 10.2.